The number of carbonyl (C=O) groups excluding carboxylic acids is 1. The summed E-state index contributed by atoms with van der Waals surface area (Å²) in [6, 6.07) is 26.4. The molecule has 0 spiro atoms. The Kier molecular flexibility index (Phi) is 4.75. The van der Waals surface area contributed by atoms with E-state index in [2.05, 4.69) is 36.2 Å². The highest BCUT2D eigenvalue weighted by Gasteiger charge is 2.28. The number of alkyl carbamates (subject to hydrolysis) is 1. The standard InChI is InChI=1S/C24H21NO2/c1-17(18-9-3-2-4-10-18)15-25-24(26)27-16-23-21-13-7-5-11-19(21)20-12-6-8-14-22(20)23/h2-14,23H,1,15-16H2,(H,25,26). The van der Waals surface area contributed by atoms with E-state index in [1.807, 2.05) is 54.6 Å². The van der Waals surface area contributed by atoms with Crippen molar-refractivity contribution in [1.29, 1.82) is 0 Å². The van der Waals surface area contributed by atoms with Crippen LogP contribution in [-0.2, 0) is 4.74 Å². The van der Waals surface area contributed by atoms with Crippen LogP contribution in [0.5, 0.6) is 0 Å². The van der Waals surface area contributed by atoms with Gasteiger partial charge in [-0.1, -0.05) is 85.4 Å². The first kappa shape index (κ1) is 17.1. The number of ether oxygens (including phenoxy) is 1. The van der Waals surface area contributed by atoms with E-state index >= 15 is 0 Å². The molecule has 0 saturated carbocycles. The summed E-state index contributed by atoms with van der Waals surface area (Å²) in [6.07, 6.45) is -0.422. The minimum absolute atomic E-state index is 0.0699. The number of benzene rings is 3. The maximum atomic E-state index is 12.2. The smallest absolute Gasteiger partial charge is 0.407 e. The third-order valence-electron chi connectivity index (χ3n) is 4.97. The molecule has 1 N–H and O–H groups in total. The van der Waals surface area contributed by atoms with Crippen LogP contribution in [0.3, 0.4) is 0 Å². The summed E-state index contributed by atoms with van der Waals surface area (Å²) in [4.78, 5) is 12.2. The number of fused-ring (bicyclic) bond motifs is 3. The van der Waals surface area contributed by atoms with E-state index < -0.39 is 6.09 Å². The molecule has 0 fully saturated rings. The normalized spacial score (nSPS) is 12.1. The molecule has 3 aromatic rings. The third-order valence-corrected chi connectivity index (χ3v) is 4.97. The summed E-state index contributed by atoms with van der Waals surface area (Å²) in [7, 11) is 0. The predicted octanol–water partition coefficient (Wildman–Crippen LogP) is 5.24. The molecule has 0 heterocycles. The van der Waals surface area contributed by atoms with Gasteiger partial charge >= 0.3 is 6.09 Å². The minimum atomic E-state index is -0.422. The summed E-state index contributed by atoms with van der Waals surface area (Å²) < 4.78 is 5.53. The fourth-order valence-electron chi connectivity index (χ4n) is 3.60. The zero-order chi connectivity index (χ0) is 18.6. The van der Waals surface area contributed by atoms with Crippen molar-refractivity contribution in [2.24, 2.45) is 0 Å². The molecule has 3 heteroatoms. The van der Waals surface area contributed by atoms with Crippen molar-refractivity contribution in [3.63, 3.8) is 0 Å². The molecule has 3 nitrogen and oxygen atoms in total. The summed E-state index contributed by atoms with van der Waals surface area (Å²) in [5.41, 5.74) is 6.72. The Hall–Kier alpha value is -3.33. The molecule has 0 aromatic heterocycles. The number of hydrogen-bond acceptors (Lipinski definition) is 2. The molecule has 0 radical (unpaired) electrons. The first-order valence-corrected chi connectivity index (χ1v) is 9.06. The summed E-state index contributed by atoms with van der Waals surface area (Å²) in [5, 5.41) is 2.79. The van der Waals surface area contributed by atoms with Crippen molar-refractivity contribution >= 4 is 11.7 Å². The molecule has 0 unspecified atom stereocenters. The number of hydrogen-bond donors (Lipinski definition) is 1. The van der Waals surface area contributed by atoms with Gasteiger partial charge < -0.3 is 10.1 Å². The van der Waals surface area contributed by atoms with Crippen molar-refractivity contribution in [3.05, 3.63) is 102 Å². The van der Waals surface area contributed by atoms with Crippen molar-refractivity contribution in [2.45, 2.75) is 5.92 Å². The Balaban J connectivity index is 1.39. The first-order chi connectivity index (χ1) is 13.2. The first-order valence-electron chi connectivity index (χ1n) is 9.06. The van der Waals surface area contributed by atoms with Crippen molar-refractivity contribution < 1.29 is 9.53 Å². The Morgan fingerprint density at radius 1 is 0.852 bits per heavy atom. The zero-order valence-corrected chi connectivity index (χ0v) is 15.0. The monoisotopic (exact) mass is 355 g/mol. The van der Waals surface area contributed by atoms with Gasteiger partial charge in [0.25, 0.3) is 0 Å². The second-order valence-electron chi connectivity index (χ2n) is 6.65. The minimum Gasteiger partial charge on any atom is -0.449 e. The molecule has 0 atom stereocenters. The molecule has 1 amide bonds. The van der Waals surface area contributed by atoms with Crippen LogP contribution in [-0.4, -0.2) is 19.2 Å². The molecule has 4 rings (SSSR count). The van der Waals surface area contributed by atoms with Crippen LogP contribution in [0.25, 0.3) is 16.7 Å². The maximum absolute atomic E-state index is 12.2. The zero-order valence-electron chi connectivity index (χ0n) is 15.0. The second-order valence-corrected chi connectivity index (χ2v) is 6.65. The van der Waals surface area contributed by atoms with E-state index in [1.54, 1.807) is 0 Å². The molecule has 0 bridgehead atoms. The lowest BCUT2D eigenvalue weighted by Crippen LogP contribution is -2.27. The van der Waals surface area contributed by atoms with Gasteiger partial charge in [0.15, 0.2) is 0 Å². The lowest BCUT2D eigenvalue weighted by Gasteiger charge is -2.15. The molecule has 0 saturated heterocycles. The summed E-state index contributed by atoms with van der Waals surface area (Å²) >= 11 is 0. The van der Waals surface area contributed by atoms with E-state index in [0.717, 1.165) is 11.1 Å². The number of nitrogens with one attached hydrogen (secondary N) is 1. The van der Waals surface area contributed by atoms with E-state index in [4.69, 9.17) is 4.74 Å². The Morgan fingerprint density at radius 2 is 1.41 bits per heavy atom. The Bertz CT molecular complexity index is 933. The second kappa shape index (κ2) is 7.50. The highest BCUT2D eigenvalue weighted by atomic mass is 16.5. The maximum Gasteiger partial charge on any atom is 0.407 e. The van der Waals surface area contributed by atoms with Crippen molar-refractivity contribution in [2.75, 3.05) is 13.2 Å². The van der Waals surface area contributed by atoms with Crippen LogP contribution >= 0.6 is 0 Å². The van der Waals surface area contributed by atoms with Gasteiger partial charge in [-0.05, 0) is 33.4 Å². The van der Waals surface area contributed by atoms with Gasteiger partial charge in [0.2, 0.25) is 0 Å². The Labute approximate surface area is 159 Å². The van der Waals surface area contributed by atoms with E-state index in [1.165, 1.54) is 22.3 Å². The molecule has 134 valence electrons. The van der Waals surface area contributed by atoms with Crippen molar-refractivity contribution in [3.8, 4) is 11.1 Å². The average molecular weight is 355 g/mol. The quantitative estimate of drug-likeness (QED) is 0.680. The number of amides is 1. The van der Waals surface area contributed by atoms with Gasteiger partial charge in [0.05, 0.1) is 0 Å². The van der Waals surface area contributed by atoms with Gasteiger partial charge in [0.1, 0.15) is 6.61 Å². The van der Waals surface area contributed by atoms with Crippen LogP contribution in [0.1, 0.15) is 22.6 Å². The molecule has 3 aromatic carbocycles. The van der Waals surface area contributed by atoms with Gasteiger partial charge in [-0.15, -0.1) is 0 Å². The van der Waals surface area contributed by atoms with Crippen LogP contribution in [0.4, 0.5) is 4.79 Å². The van der Waals surface area contributed by atoms with Crippen LogP contribution < -0.4 is 5.32 Å². The molecule has 27 heavy (non-hydrogen) atoms. The highest BCUT2D eigenvalue weighted by molar-refractivity contribution is 5.79. The molecule has 0 aliphatic heterocycles. The summed E-state index contributed by atoms with van der Waals surface area (Å²) in [6.45, 7) is 4.70. The van der Waals surface area contributed by atoms with E-state index in [0.29, 0.717) is 13.2 Å². The van der Waals surface area contributed by atoms with Gasteiger partial charge in [0, 0.05) is 12.5 Å². The van der Waals surface area contributed by atoms with Crippen LogP contribution in [0.2, 0.25) is 0 Å². The Morgan fingerprint density at radius 3 is 2.04 bits per heavy atom. The van der Waals surface area contributed by atoms with E-state index in [9.17, 15) is 4.79 Å². The van der Waals surface area contributed by atoms with Crippen LogP contribution in [0, 0.1) is 0 Å². The van der Waals surface area contributed by atoms with Gasteiger partial charge in [-0.2, -0.15) is 0 Å². The van der Waals surface area contributed by atoms with E-state index in [-0.39, 0.29) is 5.92 Å². The molecular formula is C24H21NO2. The topological polar surface area (TPSA) is 38.3 Å². The number of carbonyl (C=O) groups is 1. The predicted molar refractivity (Wildman–Crippen MR) is 109 cm³/mol. The average Bonchev–Trinajstić information content (AvgIpc) is 3.05. The van der Waals surface area contributed by atoms with Crippen LogP contribution in [0.15, 0.2) is 85.4 Å². The summed E-state index contributed by atoms with van der Waals surface area (Å²) in [5.74, 6) is 0.0699. The largest absolute Gasteiger partial charge is 0.449 e. The lowest BCUT2D eigenvalue weighted by molar-refractivity contribution is 0.144. The molecule has 1 aliphatic carbocycles. The van der Waals surface area contributed by atoms with Gasteiger partial charge in [-0.3, -0.25) is 0 Å². The fourth-order valence-corrected chi connectivity index (χ4v) is 3.60. The lowest BCUT2D eigenvalue weighted by atomic mass is 9.98. The fraction of sp³-hybridized carbons (Fsp3) is 0.125. The third kappa shape index (κ3) is 3.49. The van der Waals surface area contributed by atoms with Crippen molar-refractivity contribution in [1.82, 2.24) is 5.32 Å². The molecule has 1 aliphatic rings. The highest BCUT2D eigenvalue weighted by Crippen LogP contribution is 2.44. The number of rotatable bonds is 5. The SMILES string of the molecule is C=C(CNC(=O)OCC1c2ccccc2-c2ccccc21)c1ccccc1. The molecular weight excluding hydrogens is 334 g/mol. The van der Waals surface area contributed by atoms with Gasteiger partial charge in [-0.25, -0.2) is 4.79 Å².